The maximum Gasteiger partial charge on any atom is 0.317 e. The van der Waals surface area contributed by atoms with Gasteiger partial charge >= 0.3 is 6.03 Å². The quantitative estimate of drug-likeness (QED) is 0.890. The third kappa shape index (κ3) is 4.48. The highest BCUT2D eigenvalue weighted by molar-refractivity contribution is 5.74. The standard InChI is InChI=1S/C17H27N3O3/c21-15(16-7-4-12-23-16)13-19-8-10-20(11-9-19)17(22)18-14-5-2-1-3-6-14/h4,7,12,14-15,21H,1-3,5-6,8-11,13H2,(H,18,22)/t15-/m0/s1. The summed E-state index contributed by atoms with van der Waals surface area (Å²) in [6.07, 6.45) is 6.94. The summed E-state index contributed by atoms with van der Waals surface area (Å²) in [4.78, 5) is 16.4. The predicted octanol–water partition coefficient (Wildman–Crippen LogP) is 1.97. The highest BCUT2D eigenvalue weighted by atomic mass is 16.4. The number of rotatable bonds is 4. The molecule has 2 heterocycles. The van der Waals surface area contributed by atoms with E-state index in [2.05, 4.69) is 10.2 Å². The molecule has 2 fully saturated rings. The molecule has 1 aromatic heterocycles. The van der Waals surface area contributed by atoms with Gasteiger partial charge in [-0.1, -0.05) is 19.3 Å². The van der Waals surface area contributed by atoms with Crippen molar-refractivity contribution >= 4 is 6.03 Å². The lowest BCUT2D eigenvalue weighted by molar-refractivity contribution is 0.0686. The number of aliphatic hydroxyl groups excluding tert-OH is 1. The number of nitrogens with one attached hydrogen (secondary N) is 1. The lowest BCUT2D eigenvalue weighted by Crippen LogP contribution is -2.54. The smallest absolute Gasteiger partial charge is 0.317 e. The van der Waals surface area contributed by atoms with Crippen LogP contribution < -0.4 is 5.32 Å². The maximum atomic E-state index is 12.3. The van der Waals surface area contributed by atoms with E-state index in [0.717, 1.165) is 25.9 Å². The van der Waals surface area contributed by atoms with Gasteiger partial charge in [0.25, 0.3) is 0 Å². The second-order valence-corrected chi connectivity index (χ2v) is 6.60. The van der Waals surface area contributed by atoms with Gasteiger partial charge < -0.3 is 19.7 Å². The lowest BCUT2D eigenvalue weighted by atomic mass is 9.96. The van der Waals surface area contributed by atoms with Crippen molar-refractivity contribution in [2.75, 3.05) is 32.7 Å². The van der Waals surface area contributed by atoms with Crippen molar-refractivity contribution in [2.45, 2.75) is 44.2 Å². The predicted molar refractivity (Wildman–Crippen MR) is 87.1 cm³/mol. The second-order valence-electron chi connectivity index (χ2n) is 6.60. The minimum atomic E-state index is -0.604. The van der Waals surface area contributed by atoms with Gasteiger partial charge in [0.05, 0.1) is 6.26 Å². The van der Waals surface area contributed by atoms with Gasteiger partial charge in [-0.05, 0) is 25.0 Å². The van der Waals surface area contributed by atoms with Crippen LogP contribution >= 0.6 is 0 Å². The molecule has 2 aliphatic rings. The number of furan rings is 1. The van der Waals surface area contributed by atoms with E-state index < -0.39 is 6.10 Å². The zero-order chi connectivity index (χ0) is 16.1. The van der Waals surface area contributed by atoms with E-state index in [0.29, 0.717) is 31.4 Å². The van der Waals surface area contributed by atoms with Crippen LogP contribution in [0.5, 0.6) is 0 Å². The fourth-order valence-corrected chi connectivity index (χ4v) is 3.46. The molecule has 1 aromatic rings. The third-order valence-corrected chi connectivity index (χ3v) is 4.90. The van der Waals surface area contributed by atoms with E-state index in [9.17, 15) is 9.90 Å². The van der Waals surface area contributed by atoms with E-state index in [-0.39, 0.29) is 6.03 Å². The molecule has 0 bridgehead atoms. The van der Waals surface area contributed by atoms with Gasteiger partial charge in [-0.3, -0.25) is 4.90 Å². The Labute approximate surface area is 137 Å². The Hall–Kier alpha value is -1.53. The summed E-state index contributed by atoms with van der Waals surface area (Å²) in [5.74, 6) is 0.600. The van der Waals surface area contributed by atoms with Gasteiger partial charge in [0, 0.05) is 38.8 Å². The van der Waals surface area contributed by atoms with Gasteiger partial charge in [-0.25, -0.2) is 4.79 Å². The molecular formula is C17H27N3O3. The van der Waals surface area contributed by atoms with Crippen molar-refractivity contribution in [1.29, 1.82) is 0 Å². The molecule has 128 valence electrons. The minimum Gasteiger partial charge on any atom is -0.467 e. The molecular weight excluding hydrogens is 294 g/mol. The largest absolute Gasteiger partial charge is 0.467 e. The number of hydrogen-bond donors (Lipinski definition) is 2. The third-order valence-electron chi connectivity index (χ3n) is 4.90. The minimum absolute atomic E-state index is 0.0723. The average Bonchev–Trinajstić information content (AvgIpc) is 3.11. The van der Waals surface area contributed by atoms with Crippen LogP contribution in [0.4, 0.5) is 4.79 Å². The number of carbonyl (C=O) groups is 1. The van der Waals surface area contributed by atoms with Crippen LogP contribution in [0.3, 0.4) is 0 Å². The molecule has 1 saturated heterocycles. The zero-order valence-electron chi connectivity index (χ0n) is 13.6. The normalized spacial score (nSPS) is 22.0. The number of carbonyl (C=O) groups excluding carboxylic acids is 1. The number of β-amino-alcohol motifs (C(OH)–C–C–N with tert-alkyl or cyclic N) is 1. The first-order chi connectivity index (χ1) is 11.2. The first-order valence-corrected chi connectivity index (χ1v) is 8.71. The first kappa shape index (κ1) is 16.3. The van der Waals surface area contributed by atoms with Crippen LogP contribution in [-0.4, -0.2) is 59.7 Å². The Bertz CT molecular complexity index is 477. The average molecular weight is 321 g/mol. The summed E-state index contributed by atoms with van der Waals surface area (Å²) >= 11 is 0. The summed E-state index contributed by atoms with van der Waals surface area (Å²) in [5, 5.41) is 13.3. The number of amides is 2. The Morgan fingerprint density at radius 1 is 1.26 bits per heavy atom. The monoisotopic (exact) mass is 321 g/mol. The molecule has 1 saturated carbocycles. The van der Waals surface area contributed by atoms with Crippen LogP contribution in [0, 0.1) is 0 Å². The van der Waals surface area contributed by atoms with Gasteiger partial charge in [0.1, 0.15) is 11.9 Å². The van der Waals surface area contributed by atoms with Gasteiger partial charge in [0.15, 0.2) is 0 Å². The summed E-state index contributed by atoms with van der Waals surface area (Å²) in [6.45, 7) is 3.55. The van der Waals surface area contributed by atoms with Crippen molar-refractivity contribution in [1.82, 2.24) is 15.1 Å². The zero-order valence-corrected chi connectivity index (χ0v) is 13.6. The van der Waals surface area contributed by atoms with Crippen molar-refractivity contribution < 1.29 is 14.3 Å². The lowest BCUT2D eigenvalue weighted by Gasteiger charge is -2.36. The fraction of sp³-hybridized carbons (Fsp3) is 0.706. The van der Waals surface area contributed by atoms with E-state index in [4.69, 9.17) is 4.42 Å². The molecule has 3 rings (SSSR count). The Morgan fingerprint density at radius 2 is 2.00 bits per heavy atom. The van der Waals surface area contributed by atoms with Gasteiger partial charge in [-0.15, -0.1) is 0 Å². The van der Waals surface area contributed by atoms with Crippen LogP contribution in [0.1, 0.15) is 44.0 Å². The Morgan fingerprint density at radius 3 is 2.65 bits per heavy atom. The highest BCUT2D eigenvalue weighted by Gasteiger charge is 2.25. The number of urea groups is 1. The SMILES string of the molecule is O=C(NC1CCCCC1)N1CCN(C[C@H](O)c2ccco2)CC1. The first-order valence-electron chi connectivity index (χ1n) is 8.71. The molecule has 6 nitrogen and oxygen atoms in total. The van der Waals surface area contributed by atoms with Crippen molar-refractivity contribution in [3.8, 4) is 0 Å². The van der Waals surface area contributed by atoms with Crippen LogP contribution in [0.2, 0.25) is 0 Å². The van der Waals surface area contributed by atoms with Crippen LogP contribution in [0.25, 0.3) is 0 Å². The molecule has 1 aliphatic heterocycles. The molecule has 23 heavy (non-hydrogen) atoms. The Kier molecular flexibility index (Phi) is 5.56. The number of piperazine rings is 1. The van der Waals surface area contributed by atoms with E-state index >= 15 is 0 Å². The van der Waals surface area contributed by atoms with Gasteiger partial charge in [-0.2, -0.15) is 0 Å². The summed E-state index contributed by atoms with van der Waals surface area (Å²) in [7, 11) is 0. The van der Waals surface area contributed by atoms with Gasteiger partial charge in [0.2, 0.25) is 0 Å². The summed E-state index contributed by atoms with van der Waals surface area (Å²) in [5.41, 5.74) is 0. The van der Waals surface area contributed by atoms with Crippen molar-refractivity contribution in [2.24, 2.45) is 0 Å². The Balaban J connectivity index is 1.40. The summed E-state index contributed by atoms with van der Waals surface area (Å²) < 4.78 is 5.23. The van der Waals surface area contributed by atoms with Crippen molar-refractivity contribution in [3.05, 3.63) is 24.2 Å². The molecule has 6 heteroatoms. The maximum absolute atomic E-state index is 12.3. The fourth-order valence-electron chi connectivity index (χ4n) is 3.46. The molecule has 2 N–H and O–H groups in total. The number of nitrogens with zero attached hydrogens (tertiary/aromatic N) is 2. The molecule has 1 aliphatic carbocycles. The number of aliphatic hydroxyl groups is 1. The topological polar surface area (TPSA) is 69.0 Å². The molecule has 0 unspecified atom stereocenters. The molecule has 1 atom stereocenters. The molecule has 0 spiro atoms. The molecule has 0 radical (unpaired) electrons. The molecule has 2 amide bonds. The summed E-state index contributed by atoms with van der Waals surface area (Å²) in [6, 6.07) is 4.00. The van der Waals surface area contributed by atoms with Crippen LogP contribution in [0.15, 0.2) is 22.8 Å². The molecule has 0 aromatic carbocycles. The van der Waals surface area contributed by atoms with E-state index in [1.807, 2.05) is 4.90 Å². The van der Waals surface area contributed by atoms with E-state index in [1.54, 1.807) is 18.4 Å². The highest BCUT2D eigenvalue weighted by Crippen LogP contribution is 2.18. The van der Waals surface area contributed by atoms with E-state index in [1.165, 1.54) is 19.3 Å². The van der Waals surface area contributed by atoms with Crippen molar-refractivity contribution in [3.63, 3.8) is 0 Å². The van der Waals surface area contributed by atoms with Crippen LogP contribution in [-0.2, 0) is 0 Å². The second kappa shape index (κ2) is 7.84. The number of hydrogen-bond acceptors (Lipinski definition) is 4.